The summed E-state index contributed by atoms with van der Waals surface area (Å²) < 4.78 is 26.4. The van der Waals surface area contributed by atoms with Crippen LogP contribution in [0.4, 0.5) is 8.78 Å². The molecule has 1 heterocycles. The molecule has 1 aliphatic carbocycles. The fraction of sp³-hybridized carbons (Fsp3) is 0.571. The molecule has 0 radical (unpaired) electrons. The molecular formula is C14H18F2N2. The van der Waals surface area contributed by atoms with Crippen molar-refractivity contribution in [3.8, 4) is 0 Å². The van der Waals surface area contributed by atoms with Gasteiger partial charge in [-0.05, 0) is 24.8 Å². The van der Waals surface area contributed by atoms with Crippen molar-refractivity contribution in [2.45, 2.75) is 25.4 Å². The zero-order valence-electron chi connectivity index (χ0n) is 10.3. The summed E-state index contributed by atoms with van der Waals surface area (Å²) in [7, 11) is 0. The molecule has 2 fully saturated rings. The normalized spacial score (nSPS) is 25.3. The molecule has 1 aliphatic heterocycles. The Kier molecular flexibility index (Phi) is 3.31. The fourth-order valence-electron chi connectivity index (χ4n) is 2.69. The summed E-state index contributed by atoms with van der Waals surface area (Å²) in [6, 6.07) is 4.41. The second kappa shape index (κ2) is 4.94. The Morgan fingerprint density at radius 1 is 1.28 bits per heavy atom. The lowest BCUT2D eigenvalue weighted by atomic mass is 10.1. The number of halogens is 2. The van der Waals surface area contributed by atoms with Gasteiger partial charge in [0.2, 0.25) is 0 Å². The first-order valence-electron chi connectivity index (χ1n) is 6.62. The second-order valence-electron chi connectivity index (χ2n) is 5.37. The quantitative estimate of drug-likeness (QED) is 0.886. The number of rotatable bonds is 3. The predicted molar refractivity (Wildman–Crippen MR) is 66.1 cm³/mol. The molecule has 1 atom stereocenters. The van der Waals surface area contributed by atoms with E-state index in [-0.39, 0.29) is 0 Å². The van der Waals surface area contributed by atoms with E-state index in [1.165, 1.54) is 18.9 Å². The summed E-state index contributed by atoms with van der Waals surface area (Å²) in [6.07, 6.45) is 2.63. The van der Waals surface area contributed by atoms with Crippen LogP contribution < -0.4 is 5.32 Å². The third-order valence-corrected chi connectivity index (χ3v) is 3.89. The molecule has 1 unspecified atom stereocenters. The predicted octanol–water partition coefficient (Wildman–Crippen LogP) is 2.15. The first-order chi connectivity index (χ1) is 8.72. The molecule has 1 aromatic carbocycles. The summed E-state index contributed by atoms with van der Waals surface area (Å²) in [6.45, 7) is 3.45. The molecule has 1 saturated heterocycles. The van der Waals surface area contributed by atoms with Crippen LogP contribution in [-0.4, -0.2) is 30.6 Å². The summed E-state index contributed by atoms with van der Waals surface area (Å²) in [5.74, 6) is -0.130. The van der Waals surface area contributed by atoms with E-state index in [1.807, 2.05) is 0 Å². The third-order valence-electron chi connectivity index (χ3n) is 3.89. The van der Waals surface area contributed by atoms with Gasteiger partial charge in [0.05, 0.1) is 0 Å². The van der Waals surface area contributed by atoms with Crippen molar-refractivity contribution in [2.75, 3.05) is 19.6 Å². The molecule has 18 heavy (non-hydrogen) atoms. The Morgan fingerprint density at radius 2 is 2.11 bits per heavy atom. The van der Waals surface area contributed by atoms with Gasteiger partial charge in [-0.2, -0.15) is 0 Å². The molecule has 0 bridgehead atoms. The van der Waals surface area contributed by atoms with Gasteiger partial charge in [-0.3, -0.25) is 4.90 Å². The number of nitrogens with zero attached hydrogens (tertiary/aromatic N) is 1. The van der Waals surface area contributed by atoms with Crippen LogP contribution in [-0.2, 0) is 6.54 Å². The van der Waals surface area contributed by atoms with Gasteiger partial charge >= 0.3 is 0 Å². The van der Waals surface area contributed by atoms with Crippen LogP contribution in [0.5, 0.6) is 0 Å². The van der Waals surface area contributed by atoms with Gasteiger partial charge in [-0.25, -0.2) is 8.78 Å². The van der Waals surface area contributed by atoms with Crippen LogP contribution >= 0.6 is 0 Å². The third kappa shape index (κ3) is 2.70. The van der Waals surface area contributed by atoms with Crippen molar-refractivity contribution in [3.05, 3.63) is 35.4 Å². The van der Waals surface area contributed by atoms with Crippen molar-refractivity contribution in [3.63, 3.8) is 0 Å². The summed E-state index contributed by atoms with van der Waals surface area (Å²) in [5.41, 5.74) is 0.591. The number of hydrogen-bond donors (Lipinski definition) is 1. The van der Waals surface area contributed by atoms with E-state index in [0.29, 0.717) is 18.2 Å². The molecule has 2 nitrogen and oxygen atoms in total. The van der Waals surface area contributed by atoms with Crippen LogP contribution in [0.3, 0.4) is 0 Å². The molecule has 1 saturated carbocycles. The minimum Gasteiger partial charge on any atom is -0.311 e. The minimum absolute atomic E-state index is 0.434. The molecule has 1 N–H and O–H groups in total. The van der Waals surface area contributed by atoms with E-state index in [9.17, 15) is 8.78 Å². The topological polar surface area (TPSA) is 15.3 Å². The average Bonchev–Trinajstić information content (AvgIpc) is 3.17. The van der Waals surface area contributed by atoms with E-state index in [4.69, 9.17) is 0 Å². The van der Waals surface area contributed by atoms with Crippen LogP contribution in [0.1, 0.15) is 18.4 Å². The maximum Gasteiger partial charge on any atom is 0.130 e. The van der Waals surface area contributed by atoms with E-state index in [2.05, 4.69) is 10.2 Å². The van der Waals surface area contributed by atoms with Crippen LogP contribution in [0.15, 0.2) is 18.2 Å². The number of benzene rings is 1. The Bertz CT molecular complexity index is 432. The first-order valence-corrected chi connectivity index (χ1v) is 6.62. The average molecular weight is 252 g/mol. The second-order valence-corrected chi connectivity index (χ2v) is 5.37. The summed E-state index contributed by atoms with van der Waals surface area (Å²) in [4.78, 5) is 2.26. The van der Waals surface area contributed by atoms with Crippen LogP contribution in [0.2, 0.25) is 0 Å². The van der Waals surface area contributed by atoms with Crippen molar-refractivity contribution in [2.24, 2.45) is 5.92 Å². The molecule has 0 amide bonds. The highest BCUT2D eigenvalue weighted by Crippen LogP contribution is 2.33. The Morgan fingerprint density at radius 3 is 2.83 bits per heavy atom. The van der Waals surface area contributed by atoms with Gasteiger partial charge in [-0.15, -0.1) is 0 Å². The molecular weight excluding hydrogens is 234 g/mol. The highest BCUT2D eigenvalue weighted by Gasteiger charge is 2.33. The number of nitrogens with one attached hydrogen (secondary N) is 1. The van der Waals surface area contributed by atoms with Gasteiger partial charge in [-0.1, -0.05) is 6.07 Å². The highest BCUT2D eigenvalue weighted by atomic mass is 19.1. The smallest absolute Gasteiger partial charge is 0.130 e. The summed E-state index contributed by atoms with van der Waals surface area (Å²) >= 11 is 0. The first kappa shape index (κ1) is 12.1. The Labute approximate surface area is 106 Å². The Hall–Kier alpha value is -1.00. The molecule has 0 aromatic heterocycles. The molecule has 1 aromatic rings. The van der Waals surface area contributed by atoms with E-state index in [0.717, 1.165) is 31.6 Å². The van der Waals surface area contributed by atoms with E-state index < -0.39 is 11.6 Å². The van der Waals surface area contributed by atoms with Crippen molar-refractivity contribution >= 4 is 0 Å². The fourth-order valence-corrected chi connectivity index (χ4v) is 2.69. The molecule has 2 aliphatic rings. The van der Waals surface area contributed by atoms with E-state index in [1.54, 1.807) is 6.07 Å². The van der Waals surface area contributed by atoms with Crippen LogP contribution in [0, 0.1) is 17.6 Å². The van der Waals surface area contributed by atoms with Gasteiger partial charge in [0, 0.05) is 43.9 Å². The largest absolute Gasteiger partial charge is 0.311 e. The zero-order chi connectivity index (χ0) is 12.5. The lowest BCUT2D eigenvalue weighted by Gasteiger charge is -2.34. The van der Waals surface area contributed by atoms with Crippen LogP contribution in [0.25, 0.3) is 0 Å². The van der Waals surface area contributed by atoms with Crippen molar-refractivity contribution in [1.82, 2.24) is 10.2 Å². The molecule has 0 spiro atoms. The van der Waals surface area contributed by atoms with Gasteiger partial charge in [0.25, 0.3) is 0 Å². The van der Waals surface area contributed by atoms with Crippen molar-refractivity contribution < 1.29 is 8.78 Å². The minimum atomic E-state index is -0.507. The van der Waals surface area contributed by atoms with Gasteiger partial charge in [0.1, 0.15) is 11.6 Å². The maximum absolute atomic E-state index is 13.6. The van der Waals surface area contributed by atoms with Gasteiger partial charge < -0.3 is 5.32 Å². The molecule has 3 rings (SSSR count). The number of hydrogen-bond acceptors (Lipinski definition) is 2. The summed E-state index contributed by atoms with van der Waals surface area (Å²) in [5, 5.41) is 3.53. The van der Waals surface area contributed by atoms with Gasteiger partial charge in [0.15, 0.2) is 0 Å². The molecule has 4 heteroatoms. The van der Waals surface area contributed by atoms with E-state index >= 15 is 0 Å². The molecule has 98 valence electrons. The maximum atomic E-state index is 13.6. The highest BCUT2D eigenvalue weighted by molar-refractivity contribution is 5.18. The monoisotopic (exact) mass is 252 g/mol. The Balaban J connectivity index is 1.64. The zero-order valence-corrected chi connectivity index (χ0v) is 10.3. The lowest BCUT2D eigenvalue weighted by Crippen LogP contribution is -2.51. The lowest BCUT2D eigenvalue weighted by molar-refractivity contribution is 0.179. The number of piperazine rings is 1. The van der Waals surface area contributed by atoms with Crippen molar-refractivity contribution in [1.29, 1.82) is 0 Å². The standard InChI is InChI=1S/C14H18F2N2/c15-12-4-3-11(13(16)7-12)8-18-6-5-17-14(9-18)10-1-2-10/h3-4,7,10,14,17H,1-2,5-6,8-9H2. The SMILES string of the molecule is Fc1ccc(CN2CCNC(C3CC3)C2)c(F)c1.